The van der Waals surface area contributed by atoms with Crippen LogP contribution in [0.1, 0.15) is 32.6 Å². The first-order chi connectivity index (χ1) is 8.28. The van der Waals surface area contributed by atoms with Gasteiger partial charge in [-0.3, -0.25) is 4.79 Å². The van der Waals surface area contributed by atoms with Crippen LogP contribution in [0, 0.1) is 0 Å². The Morgan fingerprint density at radius 3 is 2.61 bits per heavy atom. The Morgan fingerprint density at radius 1 is 1.44 bits per heavy atom. The minimum atomic E-state index is -0.561. The van der Waals surface area contributed by atoms with E-state index in [4.69, 9.17) is 4.74 Å². The van der Waals surface area contributed by atoms with Crippen LogP contribution in [0.4, 0.5) is 4.79 Å². The summed E-state index contributed by atoms with van der Waals surface area (Å²) in [4.78, 5) is 24.3. The number of hydrogen-bond acceptors (Lipinski definition) is 4. The maximum atomic E-state index is 11.8. The molecule has 0 aromatic carbocycles. The number of carbonyl (C=O) groups is 2. The second kappa shape index (κ2) is 6.00. The van der Waals surface area contributed by atoms with E-state index in [1.165, 1.54) is 11.3 Å². The van der Waals surface area contributed by atoms with Crippen LogP contribution in [-0.4, -0.2) is 23.5 Å². The van der Waals surface area contributed by atoms with E-state index in [9.17, 15) is 9.59 Å². The van der Waals surface area contributed by atoms with Gasteiger partial charge in [0.1, 0.15) is 5.60 Å². The highest BCUT2D eigenvalue weighted by molar-refractivity contribution is 7.10. The van der Waals surface area contributed by atoms with Crippen molar-refractivity contribution in [3.63, 3.8) is 0 Å². The highest BCUT2D eigenvalue weighted by Crippen LogP contribution is 2.11. The van der Waals surface area contributed by atoms with Gasteiger partial charge in [-0.05, 0) is 39.1 Å². The molecule has 0 saturated heterocycles. The van der Waals surface area contributed by atoms with Gasteiger partial charge in [0.25, 0.3) is 0 Å². The first-order valence-corrected chi connectivity index (χ1v) is 6.70. The number of alkyl carbamates (subject to hydrolysis) is 1. The van der Waals surface area contributed by atoms with Crippen molar-refractivity contribution in [2.45, 2.75) is 45.8 Å². The molecule has 1 N–H and O–H groups in total. The zero-order chi connectivity index (χ0) is 13.8. The molecule has 100 valence electrons. The molecule has 1 amide bonds. The lowest BCUT2D eigenvalue weighted by atomic mass is 10.1. The summed E-state index contributed by atoms with van der Waals surface area (Å²) in [6, 6.07) is 3.27. The van der Waals surface area contributed by atoms with E-state index in [1.807, 2.05) is 17.5 Å². The SMILES string of the molecule is CC(NC(=O)OC(C)(C)C)C(=O)Cc1cccs1. The van der Waals surface area contributed by atoms with Gasteiger partial charge in [-0.1, -0.05) is 6.07 Å². The molecule has 4 nitrogen and oxygen atoms in total. The van der Waals surface area contributed by atoms with Crippen molar-refractivity contribution >= 4 is 23.2 Å². The van der Waals surface area contributed by atoms with Crippen LogP contribution in [0.25, 0.3) is 0 Å². The summed E-state index contributed by atoms with van der Waals surface area (Å²) < 4.78 is 5.09. The third-order valence-electron chi connectivity index (χ3n) is 2.14. The van der Waals surface area contributed by atoms with Crippen LogP contribution in [0.2, 0.25) is 0 Å². The molecule has 1 atom stereocenters. The largest absolute Gasteiger partial charge is 0.444 e. The number of ketones is 1. The number of nitrogens with one attached hydrogen (secondary N) is 1. The Balaban J connectivity index is 2.42. The van der Waals surface area contributed by atoms with E-state index in [-0.39, 0.29) is 5.78 Å². The highest BCUT2D eigenvalue weighted by atomic mass is 32.1. The number of carbonyl (C=O) groups excluding carboxylic acids is 2. The number of hydrogen-bond donors (Lipinski definition) is 1. The van der Waals surface area contributed by atoms with E-state index < -0.39 is 17.7 Å². The summed E-state index contributed by atoms with van der Waals surface area (Å²) in [6.45, 7) is 7.01. The number of Topliss-reactive ketones (excluding diaryl/α,β-unsaturated/α-hetero) is 1. The number of thiophene rings is 1. The normalized spacial score (nSPS) is 12.9. The Hall–Kier alpha value is -1.36. The second-order valence-corrected chi connectivity index (χ2v) is 6.12. The molecule has 1 heterocycles. The monoisotopic (exact) mass is 269 g/mol. The van der Waals surface area contributed by atoms with Crippen molar-refractivity contribution in [1.29, 1.82) is 0 Å². The fourth-order valence-electron chi connectivity index (χ4n) is 1.30. The minimum absolute atomic E-state index is 0.0247. The van der Waals surface area contributed by atoms with E-state index in [0.29, 0.717) is 6.42 Å². The summed E-state index contributed by atoms with van der Waals surface area (Å²) in [5.41, 5.74) is -0.555. The second-order valence-electron chi connectivity index (χ2n) is 5.09. The predicted molar refractivity (Wildman–Crippen MR) is 71.9 cm³/mol. The van der Waals surface area contributed by atoms with Gasteiger partial charge < -0.3 is 10.1 Å². The van der Waals surface area contributed by atoms with Crippen molar-refractivity contribution in [1.82, 2.24) is 5.32 Å². The van der Waals surface area contributed by atoms with Gasteiger partial charge in [0.15, 0.2) is 5.78 Å². The summed E-state index contributed by atoms with van der Waals surface area (Å²) in [6.07, 6.45) is -0.219. The van der Waals surface area contributed by atoms with Crippen molar-refractivity contribution < 1.29 is 14.3 Å². The van der Waals surface area contributed by atoms with E-state index in [2.05, 4.69) is 5.32 Å². The lowest BCUT2D eigenvalue weighted by Crippen LogP contribution is -2.42. The summed E-state index contributed by atoms with van der Waals surface area (Å²) in [5, 5.41) is 4.47. The number of ether oxygens (including phenoxy) is 1. The first kappa shape index (κ1) is 14.7. The lowest BCUT2D eigenvalue weighted by Gasteiger charge is -2.21. The molecule has 18 heavy (non-hydrogen) atoms. The average Bonchev–Trinajstić information content (AvgIpc) is 2.66. The maximum Gasteiger partial charge on any atom is 0.408 e. The van der Waals surface area contributed by atoms with E-state index in [0.717, 1.165) is 4.88 Å². The lowest BCUT2D eigenvalue weighted by molar-refractivity contribution is -0.120. The molecule has 0 saturated carbocycles. The average molecular weight is 269 g/mol. The summed E-state index contributed by atoms with van der Waals surface area (Å²) in [5.74, 6) is -0.0247. The Kier molecular flexibility index (Phi) is 4.90. The summed E-state index contributed by atoms with van der Waals surface area (Å²) >= 11 is 1.53. The van der Waals surface area contributed by atoms with Gasteiger partial charge in [0, 0.05) is 11.3 Å². The molecule has 1 unspecified atom stereocenters. The van der Waals surface area contributed by atoms with E-state index >= 15 is 0 Å². The fraction of sp³-hybridized carbons (Fsp3) is 0.538. The Bertz CT molecular complexity index is 406. The van der Waals surface area contributed by atoms with Gasteiger partial charge in [0.05, 0.1) is 6.04 Å². The highest BCUT2D eigenvalue weighted by Gasteiger charge is 2.21. The van der Waals surface area contributed by atoms with Crippen LogP contribution in [0.3, 0.4) is 0 Å². The van der Waals surface area contributed by atoms with Gasteiger partial charge in [0.2, 0.25) is 0 Å². The van der Waals surface area contributed by atoms with Crippen LogP contribution in [-0.2, 0) is 16.0 Å². The van der Waals surface area contributed by atoms with Crippen molar-refractivity contribution in [3.8, 4) is 0 Å². The van der Waals surface area contributed by atoms with Gasteiger partial charge in [-0.2, -0.15) is 0 Å². The van der Waals surface area contributed by atoms with Crippen molar-refractivity contribution in [2.24, 2.45) is 0 Å². The fourth-order valence-corrected chi connectivity index (χ4v) is 2.02. The van der Waals surface area contributed by atoms with Crippen LogP contribution >= 0.6 is 11.3 Å². The molecular formula is C13H19NO3S. The molecule has 0 aliphatic rings. The zero-order valence-corrected chi connectivity index (χ0v) is 12.0. The molecule has 0 bridgehead atoms. The third-order valence-corrected chi connectivity index (χ3v) is 3.02. The van der Waals surface area contributed by atoms with Gasteiger partial charge in [-0.25, -0.2) is 4.79 Å². The van der Waals surface area contributed by atoms with Crippen molar-refractivity contribution in [2.75, 3.05) is 0 Å². The quantitative estimate of drug-likeness (QED) is 0.914. The third kappa shape index (κ3) is 5.31. The van der Waals surface area contributed by atoms with Gasteiger partial charge >= 0.3 is 6.09 Å². The molecule has 1 aromatic rings. The zero-order valence-electron chi connectivity index (χ0n) is 11.1. The minimum Gasteiger partial charge on any atom is -0.444 e. The Morgan fingerprint density at radius 2 is 2.11 bits per heavy atom. The van der Waals surface area contributed by atoms with Crippen LogP contribution in [0.5, 0.6) is 0 Å². The smallest absolute Gasteiger partial charge is 0.408 e. The molecule has 0 spiro atoms. The number of rotatable bonds is 4. The first-order valence-electron chi connectivity index (χ1n) is 5.82. The Labute approximate surface area is 111 Å². The standard InChI is InChI=1S/C13H19NO3S/c1-9(14-12(16)17-13(2,3)4)11(15)8-10-6-5-7-18-10/h5-7,9H,8H2,1-4H3,(H,14,16). The molecule has 1 rings (SSSR count). The van der Waals surface area contributed by atoms with Crippen molar-refractivity contribution in [3.05, 3.63) is 22.4 Å². The molecular weight excluding hydrogens is 250 g/mol. The predicted octanol–water partition coefficient (Wildman–Crippen LogP) is 2.77. The van der Waals surface area contributed by atoms with Crippen LogP contribution < -0.4 is 5.32 Å². The van der Waals surface area contributed by atoms with E-state index in [1.54, 1.807) is 27.7 Å². The summed E-state index contributed by atoms with van der Waals surface area (Å²) in [7, 11) is 0. The number of amides is 1. The molecule has 0 aliphatic carbocycles. The maximum absolute atomic E-state index is 11.8. The molecule has 0 fully saturated rings. The van der Waals surface area contributed by atoms with Crippen LogP contribution in [0.15, 0.2) is 17.5 Å². The topological polar surface area (TPSA) is 55.4 Å². The molecule has 0 radical (unpaired) electrons. The van der Waals surface area contributed by atoms with Gasteiger partial charge in [-0.15, -0.1) is 11.3 Å². The molecule has 0 aliphatic heterocycles. The molecule has 5 heteroatoms. The molecule has 1 aromatic heterocycles.